The number of halogens is 1. The van der Waals surface area contributed by atoms with Gasteiger partial charge in [0, 0.05) is 0 Å². The van der Waals surface area contributed by atoms with Gasteiger partial charge < -0.3 is 4.74 Å². The molecule has 2 aromatic rings. The summed E-state index contributed by atoms with van der Waals surface area (Å²) in [6.45, 7) is 0. The standard InChI is InChI=1S/C9H7ClN4O2/c1-16-9(15)7-4-6(2-3-8(7)10)14-5-11-12-13-14/h2-5H,1H3. The molecule has 0 atom stereocenters. The third-order valence-electron chi connectivity index (χ3n) is 1.97. The summed E-state index contributed by atoms with van der Waals surface area (Å²) in [7, 11) is 1.29. The fourth-order valence-corrected chi connectivity index (χ4v) is 1.40. The van der Waals surface area contributed by atoms with E-state index in [2.05, 4.69) is 20.3 Å². The normalized spacial score (nSPS) is 10.1. The highest BCUT2D eigenvalue weighted by atomic mass is 35.5. The average molecular weight is 239 g/mol. The van der Waals surface area contributed by atoms with Crippen LogP contribution >= 0.6 is 11.6 Å². The lowest BCUT2D eigenvalue weighted by molar-refractivity contribution is 0.0601. The molecule has 0 radical (unpaired) electrons. The second-order valence-corrected chi connectivity index (χ2v) is 3.32. The lowest BCUT2D eigenvalue weighted by Gasteiger charge is -2.04. The van der Waals surface area contributed by atoms with Crippen LogP contribution in [0.2, 0.25) is 5.02 Å². The van der Waals surface area contributed by atoms with E-state index in [0.717, 1.165) is 0 Å². The number of rotatable bonds is 2. The molecular weight excluding hydrogens is 232 g/mol. The first-order chi connectivity index (χ1) is 7.72. The zero-order chi connectivity index (χ0) is 11.5. The van der Waals surface area contributed by atoms with Gasteiger partial charge in [0.2, 0.25) is 0 Å². The zero-order valence-electron chi connectivity index (χ0n) is 8.29. The molecule has 0 amide bonds. The number of carbonyl (C=O) groups is 1. The molecule has 1 aromatic heterocycles. The predicted molar refractivity (Wildman–Crippen MR) is 55.5 cm³/mol. The van der Waals surface area contributed by atoms with Crippen LogP contribution in [-0.2, 0) is 4.74 Å². The summed E-state index contributed by atoms with van der Waals surface area (Å²) >= 11 is 5.87. The molecule has 2 rings (SSSR count). The Balaban J connectivity index is 2.47. The molecule has 0 aliphatic rings. The Morgan fingerprint density at radius 3 is 2.94 bits per heavy atom. The Morgan fingerprint density at radius 1 is 1.50 bits per heavy atom. The highest BCUT2D eigenvalue weighted by Gasteiger charge is 2.12. The molecule has 1 aromatic carbocycles. The van der Waals surface area contributed by atoms with Crippen LogP contribution in [0.3, 0.4) is 0 Å². The van der Waals surface area contributed by atoms with E-state index in [1.54, 1.807) is 18.2 Å². The fourth-order valence-electron chi connectivity index (χ4n) is 1.20. The maximum Gasteiger partial charge on any atom is 0.339 e. The van der Waals surface area contributed by atoms with Gasteiger partial charge in [0.15, 0.2) is 0 Å². The van der Waals surface area contributed by atoms with Crippen molar-refractivity contribution in [2.45, 2.75) is 0 Å². The van der Waals surface area contributed by atoms with Crippen molar-refractivity contribution in [3.8, 4) is 5.69 Å². The smallest absolute Gasteiger partial charge is 0.339 e. The van der Waals surface area contributed by atoms with Crippen molar-refractivity contribution >= 4 is 17.6 Å². The topological polar surface area (TPSA) is 69.9 Å². The minimum Gasteiger partial charge on any atom is -0.465 e. The molecule has 0 spiro atoms. The number of methoxy groups -OCH3 is 1. The second kappa shape index (κ2) is 4.28. The van der Waals surface area contributed by atoms with Crippen molar-refractivity contribution in [3.05, 3.63) is 35.1 Å². The van der Waals surface area contributed by atoms with Crippen LogP contribution in [0.1, 0.15) is 10.4 Å². The van der Waals surface area contributed by atoms with Crippen molar-refractivity contribution < 1.29 is 9.53 Å². The van der Waals surface area contributed by atoms with Crippen LogP contribution in [0.15, 0.2) is 24.5 Å². The van der Waals surface area contributed by atoms with E-state index >= 15 is 0 Å². The molecule has 0 aliphatic heterocycles. The molecule has 16 heavy (non-hydrogen) atoms. The van der Waals surface area contributed by atoms with E-state index in [9.17, 15) is 4.79 Å². The SMILES string of the molecule is COC(=O)c1cc(-n2cnnn2)ccc1Cl. The molecule has 0 N–H and O–H groups in total. The predicted octanol–water partition coefficient (Wildman–Crippen LogP) is 1.10. The quantitative estimate of drug-likeness (QED) is 0.733. The van der Waals surface area contributed by atoms with Gasteiger partial charge in [0.25, 0.3) is 0 Å². The number of ether oxygens (including phenoxy) is 1. The van der Waals surface area contributed by atoms with Crippen LogP contribution in [0.25, 0.3) is 5.69 Å². The maximum atomic E-state index is 11.4. The fraction of sp³-hybridized carbons (Fsp3) is 0.111. The number of carbonyl (C=O) groups excluding carboxylic acids is 1. The molecule has 0 aliphatic carbocycles. The zero-order valence-corrected chi connectivity index (χ0v) is 9.05. The molecule has 0 unspecified atom stereocenters. The molecular formula is C9H7ClN4O2. The number of esters is 1. The lowest BCUT2D eigenvalue weighted by atomic mass is 10.2. The number of hydrogen-bond acceptors (Lipinski definition) is 5. The first-order valence-electron chi connectivity index (χ1n) is 4.33. The number of benzene rings is 1. The van der Waals surface area contributed by atoms with Gasteiger partial charge in [-0.3, -0.25) is 0 Å². The summed E-state index contributed by atoms with van der Waals surface area (Å²) in [5.74, 6) is -0.500. The van der Waals surface area contributed by atoms with Gasteiger partial charge in [-0.2, -0.15) is 0 Å². The van der Waals surface area contributed by atoms with Gasteiger partial charge in [-0.25, -0.2) is 9.48 Å². The molecule has 0 bridgehead atoms. The van der Waals surface area contributed by atoms with E-state index in [4.69, 9.17) is 11.6 Å². The monoisotopic (exact) mass is 238 g/mol. The summed E-state index contributed by atoms with van der Waals surface area (Å²) in [5, 5.41) is 11.0. The Morgan fingerprint density at radius 2 is 2.31 bits per heavy atom. The first kappa shape index (κ1) is 10.6. The van der Waals surface area contributed by atoms with Crippen molar-refractivity contribution in [1.82, 2.24) is 20.2 Å². The highest BCUT2D eigenvalue weighted by molar-refractivity contribution is 6.33. The molecule has 6 nitrogen and oxygen atoms in total. The molecule has 0 saturated heterocycles. The number of aromatic nitrogens is 4. The van der Waals surface area contributed by atoms with Gasteiger partial charge in [0.05, 0.1) is 23.4 Å². The first-order valence-corrected chi connectivity index (χ1v) is 4.71. The van der Waals surface area contributed by atoms with Crippen LogP contribution < -0.4 is 0 Å². The van der Waals surface area contributed by atoms with Gasteiger partial charge in [-0.15, -0.1) is 5.10 Å². The van der Waals surface area contributed by atoms with Crippen LogP contribution in [-0.4, -0.2) is 33.3 Å². The van der Waals surface area contributed by atoms with Crippen molar-refractivity contribution in [1.29, 1.82) is 0 Å². The minimum atomic E-state index is -0.500. The third-order valence-corrected chi connectivity index (χ3v) is 2.30. The van der Waals surface area contributed by atoms with Gasteiger partial charge in [0.1, 0.15) is 6.33 Å². The maximum absolute atomic E-state index is 11.4. The molecule has 0 saturated carbocycles. The molecule has 7 heteroatoms. The van der Waals surface area contributed by atoms with Gasteiger partial charge in [-0.1, -0.05) is 11.6 Å². The largest absolute Gasteiger partial charge is 0.465 e. The molecule has 82 valence electrons. The molecule has 1 heterocycles. The van der Waals surface area contributed by atoms with E-state index in [0.29, 0.717) is 10.7 Å². The summed E-state index contributed by atoms with van der Waals surface area (Å²) in [6, 6.07) is 4.85. The van der Waals surface area contributed by atoms with Crippen LogP contribution in [0, 0.1) is 0 Å². The van der Waals surface area contributed by atoms with Crippen molar-refractivity contribution in [2.24, 2.45) is 0 Å². The third kappa shape index (κ3) is 1.87. The highest BCUT2D eigenvalue weighted by Crippen LogP contribution is 2.19. The van der Waals surface area contributed by atoms with Crippen LogP contribution in [0.4, 0.5) is 0 Å². The summed E-state index contributed by atoms with van der Waals surface area (Å²) in [4.78, 5) is 11.4. The van der Waals surface area contributed by atoms with Crippen molar-refractivity contribution in [3.63, 3.8) is 0 Å². The lowest BCUT2D eigenvalue weighted by Crippen LogP contribution is -2.04. The van der Waals surface area contributed by atoms with Crippen molar-refractivity contribution in [2.75, 3.05) is 7.11 Å². The Labute approximate surface area is 95.8 Å². The minimum absolute atomic E-state index is 0.275. The summed E-state index contributed by atoms with van der Waals surface area (Å²) in [6.07, 6.45) is 1.42. The summed E-state index contributed by atoms with van der Waals surface area (Å²) in [5.41, 5.74) is 0.909. The number of hydrogen-bond donors (Lipinski definition) is 0. The van der Waals surface area contributed by atoms with Crippen LogP contribution in [0.5, 0.6) is 0 Å². The number of tetrazole rings is 1. The number of nitrogens with zero attached hydrogens (tertiary/aromatic N) is 4. The Bertz CT molecular complexity index is 512. The second-order valence-electron chi connectivity index (χ2n) is 2.91. The van der Waals surface area contributed by atoms with E-state index in [1.807, 2.05) is 0 Å². The van der Waals surface area contributed by atoms with E-state index in [-0.39, 0.29) is 5.56 Å². The van der Waals surface area contributed by atoms with Gasteiger partial charge >= 0.3 is 5.97 Å². The Hall–Kier alpha value is -1.95. The van der Waals surface area contributed by atoms with Gasteiger partial charge in [-0.05, 0) is 28.6 Å². The Kier molecular flexibility index (Phi) is 2.82. The van der Waals surface area contributed by atoms with E-state index < -0.39 is 5.97 Å². The summed E-state index contributed by atoms with van der Waals surface area (Å²) < 4.78 is 6.02. The molecule has 0 fully saturated rings. The van der Waals surface area contributed by atoms with E-state index in [1.165, 1.54) is 18.1 Å². The average Bonchev–Trinajstić information content (AvgIpc) is 2.82.